The van der Waals surface area contributed by atoms with E-state index in [2.05, 4.69) is 15.6 Å². The highest BCUT2D eigenvalue weighted by Crippen LogP contribution is 2.21. The van der Waals surface area contributed by atoms with E-state index >= 15 is 0 Å². The highest BCUT2D eigenvalue weighted by Gasteiger charge is 2.26. The molecule has 1 aromatic carbocycles. The number of aromatic nitrogens is 1. The molecule has 4 N–H and O–H groups in total. The van der Waals surface area contributed by atoms with Gasteiger partial charge in [-0.15, -0.1) is 12.4 Å². The molecule has 3 rings (SSSR count). The van der Waals surface area contributed by atoms with E-state index in [-0.39, 0.29) is 24.4 Å². The van der Waals surface area contributed by atoms with Gasteiger partial charge in [0.15, 0.2) is 0 Å². The zero-order valence-corrected chi connectivity index (χ0v) is 16.5. The smallest absolute Gasteiger partial charge is 0.316 e. The standard InChI is InChI=1S/C20H25N5O2.ClH/c21-20(27)24-16-7-3-5-15(13-16)19(26)25(14-17-6-1-2-11-23-17)18-8-4-10-22-12-9-18;/h1-3,5-7,11,13,18,22H,4,8-10,12,14H2,(H3,21,24,27);1H. The summed E-state index contributed by atoms with van der Waals surface area (Å²) in [6.45, 7) is 2.32. The summed E-state index contributed by atoms with van der Waals surface area (Å²) < 4.78 is 0. The quantitative estimate of drug-likeness (QED) is 0.714. The topological polar surface area (TPSA) is 100 Å². The van der Waals surface area contributed by atoms with Gasteiger partial charge in [0.05, 0.1) is 12.2 Å². The van der Waals surface area contributed by atoms with Gasteiger partial charge in [0, 0.05) is 23.5 Å². The maximum atomic E-state index is 13.3. The van der Waals surface area contributed by atoms with Gasteiger partial charge in [-0.3, -0.25) is 9.78 Å². The molecule has 2 heterocycles. The van der Waals surface area contributed by atoms with Crippen LogP contribution in [-0.4, -0.2) is 41.0 Å². The number of halogens is 1. The number of nitrogens with zero attached hydrogens (tertiary/aromatic N) is 2. The van der Waals surface area contributed by atoms with E-state index in [4.69, 9.17) is 5.73 Å². The van der Waals surface area contributed by atoms with Crippen LogP contribution in [0.5, 0.6) is 0 Å². The molecule has 7 nitrogen and oxygen atoms in total. The first kappa shape index (κ1) is 21.7. The Kier molecular flexibility index (Phi) is 8.22. The highest BCUT2D eigenvalue weighted by atomic mass is 35.5. The van der Waals surface area contributed by atoms with E-state index in [9.17, 15) is 9.59 Å². The molecule has 1 aliphatic rings. The van der Waals surface area contributed by atoms with Crippen molar-refractivity contribution in [2.45, 2.75) is 31.8 Å². The van der Waals surface area contributed by atoms with E-state index in [1.807, 2.05) is 23.1 Å². The number of nitrogens with one attached hydrogen (secondary N) is 2. The number of hydrogen-bond donors (Lipinski definition) is 3. The lowest BCUT2D eigenvalue weighted by molar-refractivity contribution is 0.0642. The average molecular weight is 404 g/mol. The number of primary amides is 1. The van der Waals surface area contributed by atoms with Crippen LogP contribution in [0.25, 0.3) is 0 Å². The fraction of sp³-hybridized carbons (Fsp3) is 0.350. The van der Waals surface area contributed by atoms with Gasteiger partial charge in [-0.1, -0.05) is 12.1 Å². The molecule has 8 heteroatoms. The molecule has 1 aliphatic heterocycles. The predicted octanol–water partition coefficient (Wildman–Crippen LogP) is 2.78. The molecule has 150 valence electrons. The molecule has 2 aromatic rings. The van der Waals surface area contributed by atoms with Gasteiger partial charge in [0.25, 0.3) is 5.91 Å². The molecule has 3 amide bonds. The summed E-state index contributed by atoms with van der Waals surface area (Å²) >= 11 is 0. The summed E-state index contributed by atoms with van der Waals surface area (Å²) in [6.07, 6.45) is 4.62. The number of benzene rings is 1. The van der Waals surface area contributed by atoms with Gasteiger partial charge >= 0.3 is 6.03 Å². The molecule has 1 unspecified atom stereocenters. The van der Waals surface area contributed by atoms with E-state index in [0.717, 1.165) is 38.0 Å². The minimum atomic E-state index is -0.653. The molecule has 0 radical (unpaired) electrons. The minimum Gasteiger partial charge on any atom is -0.351 e. The zero-order valence-electron chi connectivity index (χ0n) is 15.6. The molecule has 1 fully saturated rings. The number of urea groups is 1. The molecule has 1 atom stereocenters. The minimum absolute atomic E-state index is 0. The highest BCUT2D eigenvalue weighted by molar-refractivity contribution is 5.96. The number of pyridine rings is 1. The number of rotatable bonds is 5. The summed E-state index contributed by atoms with van der Waals surface area (Å²) in [6, 6.07) is 12.1. The fourth-order valence-electron chi connectivity index (χ4n) is 3.38. The Balaban J connectivity index is 0.00000280. The monoisotopic (exact) mass is 403 g/mol. The Morgan fingerprint density at radius 2 is 2.04 bits per heavy atom. The Morgan fingerprint density at radius 3 is 2.79 bits per heavy atom. The molecule has 0 bridgehead atoms. The van der Waals surface area contributed by atoms with Gasteiger partial charge in [-0.2, -0.15) is 0 Å². The molecule has 0 spiro atoms. The third-order valence-electron chi connectivity index (χ3n) is 4.68. The van der Waals surface area contributed by atoms with Gasteiger partial charge < -0.3 is 21.3 Å². The number of carbonyl (C=O) groups is 2. The summed E-state index contributed by atoms with van der Waals surface area (Å²) in [4.78, 5) is 30.7. The Bertz CT molecular complexity index is 779. The van der Waals surface area contributed by atoms with Crippen molar-refractivity contribution in [3.63, 3.8) is 0 Å². The molecule has 1 saturated heterocycles. The second-order valence-electron chi connectivity index (χ2n) is 6.66. The largest absolute Gasteiger partial charge is 0.351 e. The van der Waals surface area contributed by atoms with Crippen LogP contribution in [0.1, 0.15) is 35.3 Å². The lowest BCUT2D eigenvalue weighted by atomic mass is 10.0. The normalized spacial score (nSPS) is 16.4. The van der Waals surface area contributed by atoms with Crippen LogP contribution >= 0.6 is 12.4 Å². The third kappa shape index (κ3) is 5.94. The van der Waals surface area contributed by atoms with Crippen LogP contribution in [0.4, 0.5) is 10.5 Å². The lowest BCUT2D eigenvalue weighted by Gasteiger charge is -2.31. The van der Waals surface area contributed by atoms with Crippen molar-refractivity contribution in [3.8, 4) is 0 Å². The van der Waals surface area contributed by atoms with Gasteiger partial charge in [-0.05, 0) is 62.7 Å². The molecular formula is C20H26ClN5O2. The van der Waals surface area contributed by atoms with E-state index in [0.29, 0.717) is 17.8 Å². The third-order valence-corrected chi connectivity index (χ3v) is 4.68. The average Bonchev–Trinajstić information content (AvgIpc) is 2.95. The number of hydrogen-bond acceptors (Lipinski definition) is 4. The Morgan fingerprint density at radius 1 is 1.18 bits per heavy atom. The number of carbonyl (C=O) groups excluding carboxylic acids is 2. The first-order chi connectivity index (χ1) is 13.1. The first-order valence-corrected chi connectivity index (χ1v) is 9.21. The molecular weight excluding hydrogens is 378 g/mol. The maximum absolute atomic E-state index is 13.3. The van der Waals surface area contributed by atoms with Crippen molar-refractivity contribution in [2.24, 2.45) is 5.73 Å². The van der Waals surface area contributed by atoms with Gasteiger partial charge in [0.1, 0.15) is 0 Å². The van der Waals surface area contributed by atoms with Crippen LogP contribution in [0.15, 0.2) is 48.7 Å². The van der Waals surface area contributed by atoms with Gasteiger partial charge in [0.2, 0.25) is 0 Å². The van der Waals surface area contributed by atoms with E-state index in [1.54, 1.807) is 30.5 Å². The van der Waals surface area contributed by atoms with Crippen molar-refractivity contribution in [1.29, 1.82) is 0 Å². The molecule has 1 aromatic heterocycles. The van der Waals surface area contributed by atoms with Crippen molar-refractivity contribution in [3.05, 3.63) is 59.9 Å². The predicted molar refractivity (Wildman–Crippen MR) is 112 cm³/mol. The lowest BCUT2D eigenvalue weighted by Crippen LogP contribution is -2.40. The summed E-state index contributed by atoms with van der Waals surface area (Å²) in [7, 11) is 0. The van der Waals surface area contributed by atoms with Crippen molar-refractivity contribution >= 4 is 30.0 Å². The van der Waals surface area contributed by atoms with Crippen molar-refractivity contribution in [2.75, 3.05) is 18.4 Å². The zero-order chi connectivity index (χ0) is 19.1. The number of amides is 3. The van der Waals surface area contributed by atoms with Crippen LogP contribution in [0.3, 0.4) is 0 Å². The van der Waals surface area contributed by atoms with Crippen LogP contribution < -0.4 is 16.4 Å². The Hall–Kier alpha value is -2.64. The summed E-state index contributed by atoms with van der Waals surface area (Å²) in [5, 5.41) is 5.91. The van der Waals surface area contributed by atoms with Gasteiger partial charge in [-0.25, -0.2) is 4.79 Å². The number of nitrogens with two attached hydrogens (primary N) is 1. The number of anilines is 1. The molecule has 0 saturated carbocycles. The van der Waals surface area contributed by atoms with Crippen LogP contribution in [0.2, 0.25) is 0 Å². The maximum Gasteiger partial charge on any atom is 0.316 e. The van der Waals surface area contributed by atoms with Crippen LogP contribution in [0, 0.1) is 0 Å². The second-order valence-corrected chi connectivity index (χ2v) is 6.66. The van der Waals surface area contributed by atoms with E-state index < -0.39 is 6.03 Å². The van der Waals surface area contributed by atoms with E-state index in [1.165, 1.54) is 0 Å². The summed E-state index contributed by atoms with van der Waals surface area (Å²) in [5.41, 5.74) is 7.07. The first-order valence-electron chi connectivity index (χ1n) is 9.21. The SMILES string of the molecule is Cl.NC(=O)Nc1cccc(C(=O)N(Cc2ccccn2)C2CCCNCC2)c1. The second kappa shape index (κ2) is 10.6. The molecule has 0 aliphatic carbocycles. The van der Waals surface area contributed by atoms with Crippen molar-refractivity contribution < 1.29 is 9.59 Å². The molecule has 28 heavy (non-hydrogen) atoms. The fourth-order valence-corrected chi connectivity index (χ4v) is 3.38. The van der Waals surface area contributed by atoms with Crippen molar-refractivity contribution in [1.82, 2.24) is 15.2 Å². The summed E-state index contributed by atoms with van der Waals surface area (Å²) in [5.74, 6) is -0.0688. The Labute approximate surface area is 171 Å². The van der Waals surface area contributed by atoms with Crippen LogP contribution in [-0.2, 0) is 6.54 Å².